The first-order chi connectivity index (χ1) is 23.3. The minimum absolute atomic E-state index is 0.116. The maximum Gasteiger partial charge on any atom is 0.347 e. The number of aliphatic hydroxyl groups is 3. The number of carbonyl (C=O) groups is 3. The molecule has 7 N–H and O–H groups in total. The lowest BCUT2D eigenvalue weighted by molar-refractivity contribution is -0.271. The number of aliphatic carboxylic acids is 1. The molecule has 5 atom stereocenters. The number of hydrogen-bond acceptors (Lipinski definition) is 11. The van der Waals surface area contributed by atoms with Crippen molar-refractivity contribution in [2.45, 2.75) is 134 Å². The standard InChI is InChI=1S/C36H50O13/c1-3-4-5-6-7-8-9-10-11-12-13-14-15-16-22-18-24(48-36-31(41)29(39)30(40)32(49-36)34(44)45)20-26(38)28(22)35(46)47-23-17-21(2)27(33(42)43)25(37)19-23/h17-20,29-32,36-41H,3-16H2,1-2H3,(H,42,43)(H,44,45)/t29-,30+,31?,32?,36+/m0/s1. The van der Waals surface area contributed by atoms with E-state index in [1.807, 2.05) is 0 Å². The van der Waals surface area contributed by atoms with Gasteiger partial charge >= 0.3 is 17.9 Å². The lowest BCUT2D eigenvalue weighted by Gasteiger charge is -2.38. The molecule has 13 heteroatoms. The Morgan fingerprint density at radius 2 is 1.22 bits per heavy atom. The number of aromatic hydroxyl groups is 2. The molecule has 1 aliphatic heterocycles. The normalized spacial score (nSPS) is 20.6. The number of carbonyl (C=O) groups excluding carboxylic acids is 1. The molecule has 0 radical (unpaired) electrons. The second kappa shape index (κ2) is 19.3. The van der Waals surface area contributed by atoms with Crippen molar-refractivity contribution in [1.82, 2.24) is 0 Å². The van der Waals surface area contributed by atoms with Gasteiger partial charge in [0.25, 0.3) is 0 Å². The summed E-state index contributed by atoms with van der Waals surface area (Å²) in [6.07, 6.45) is 5.70. The smallest absolute Gasteiger partial charge is 0.347 e. The van der Waals surface area contributed by atoms with Crippen molar-refractivity contribution in [3.63, 3.8) is 0 Å². The highest BCUT2D eigenvalue weighted by atomic mass is 16.7. The zero-order chi connectivity index (χ0) is 36.1. The van der Waals surface area contributed by atoms with Gasteiger partial charge in [0.15, 0.2) is 6.10 Å². The third kappa shape index (κ3) is 11.3. The van der Waals surface area contributed by atoms with Crippen LogP contribution < -0.4 is 9.47 Å². The van der Waals surface area contributed by atoms with Gasteiger partial charge in [-0.15, -0.1) is 0 Å². The monoisotopic (exact) mass is 690 g/mol. The van der Waals surface area contributed by atoms with Gasteiger partial charge in [0.2, 0.25) is 6.29 Å². The van der Waals surface area contributed by atoms with E-state index >= 15 is 0 Å². The minimum Gasteiger partial charge on any atom is -0.507 e. The molecule has 1 saturated heterocycles. The molecular weight excluding hydrogens is 640 g/mol. The van der Waals surface area contributed by atoms with Crippen molar-refractivity contribution < 1.29 is 64.3 Å². The van der Waals surface area contributed by atoms with Crippen molar-refractivity contribution in [3.05, 3.63) is 46.5 Å². The molecule has 0 bridgehead atoms. The van der Waals surface area contributed by atoms with Crippen molar-refractivity contribution in [2.75, 3.05) is 0 Å². The van der Waals surface area contributed by atoms with Crippen LogP contribution in [0.15, 0.2) is 24.3 Å². The van der Waals surface area contributed by atoms with Crippen molar-refractivity contribution in [1.29, 1.82) is 0 Å². The molecule has 3 rings (SSSR count). The fourth-order valence-corrected chi connectivity index (χ4v) is 6.01. The topological polar surface area (TPSA) is 221 Å². The molecule has 0 aromatic heterocycles. The van der Waals surface area contributed by atoms with Crippen LogP contribution in [0.3, 0.4) is 0 Å². The van der Waals surface area contributed by atoms with Crippen LogP contribution in [0.2, 0.25) is 0 Å². The third-order valence-corrected chi connectivity index (χ3v) is 8.70. The van der Waals surface area contributed by atoms with E-state index in [1.165, 1.54) is 70.4 Å². The summed E-state index contributed by atoms with van der Waals surface area (Å²) in [4.78, 5) is 36.3. The van der Waals surface area contributed by atoms with E-state index in [1.54, 1.807) is 0 Å². The van der Waals surface area contributed by atoms with E-state index < -0.39 is 60.1 Å². The van der Waals surface area contributed by atoms with E-state index in [9.17, 15) is 50.1 Å². The summed E-state index contributed by atoms with van der Waals surface area (Å²) in [5, 5.41) is 70.4. The van der Waals surface area contributed by atoms with Gasteiger partial charge < -0.3 is 50.0 Å². The number of esters is 1. The fraction of sp³-hybridized carbons (Fsp3) is 0.583. The van der Waals surface area contributed by atoms with E-state index in [0.29, 0.717) is 18.4 Å². The number of carboxylic acids is 2. The first-order valence-corrected chi connectivity index (χ1v) is 17.1. The number of phenolic OH excluding ortho intramolecular Hbond substituents is 1. The Hall–Kier alpha value is -3.91. The molecule has 272 valence electrons. The van der Waals surface area contributed by atoms with Gasteiger partial charge in [-0.05, 0) is 43.0 Å². The number of benzene rings is 2. The van der Waals surface area contributed by atoms with E-state index in [-0.39, 0.29) is 28.2 Å². The first kappa shape index (κ1) is 39.5. The SMILES string of the molecule is CCCCCCCCCCCCCCCc1cc(O[C@@H]2OC(C(=O)O)[C@H](O)[C@H](O)C2O)cc(O)c1C(=O)Oc1cc(C)c(C(=O)O)c(O)c1. The van der Waals surface area contributed by atoms with E-state index in [4.69, 9.17) is 14.2 Å². The van der Waals surface area contributed by atoms with Crippen LogP contribution in [0.5, 0.6) is 23.0 Å². The average Bonchev–Trinajstić information content (AvgIpc) is 3.02. The molecule has 0 aliphatic carbocycles. The summed E-state index contributed by atoms with van der Waals surface area (Å²) < 4.78 is 16.2. The highest BCUT2D eigenvalue weighted by Gasteiger charge is 2.48. The Balaban J connectivity index is 1.72. The first-order valence-electron chi connectivity index (χ1n) is 17.1. The largest absolute Gasteiger partial charge is 0.507 e. The highest BCUT2D eigenvalue weighted by Crippen LogP contribution is 2.34. The molecule has 49 heavy (non-hydrogen) atoms. The van der Waals surface area contributed by atoms with Gasteiger partial charge in [0.05, 0.1) is 0 Å². The van der Waals surface area contributed by atoms with Gasteiger partial charge in [-0.2, -0.15) is 0 Å². The lowest BCUT2D eigenvalue weighted by Crippen LogP contribution is -2.61. The summed E-state index contributed by atoms with van der Waals surface area (Å²) in [6, 6.07) is 4.68. The second-order valence-electron chi connectivity index (χ2n) is 12.7. The molecule has 1 fully saturated rings. The Bertz CT molecular complexity index is 1380. The van der Waals surface area contributed by atoms with Gasteiger partial charge in [-0.1, -0.05) is 84.0 Å². The number of aromatic carboxylic acids is 1. The number of ether oxygens (including phenoxy) is 3. The average molecular weight is 691 g/mol. The van der Waals surface area contributed by atoms with Gasteiger partial charge in [-0.25, -0.2) is 14.4 Å². The maximum atomic E-state index is 13.4. The number of aryl methyl sites for hydroxylation is 2. The highest BCUT2D eigenvalue weighted by molar-refractivity contribution is 5.96. The van der Waals surface area contributed by atoms with E-state index in [2.05, 4.69) is 6.92 Å². The number of unbranched alkanes of at least 4 members (excludes halogenated alkanes) is 12. The zero-order valence-electron chi connectivity index (χ0n) is 28.2. The summed E-state index contributed by atoms with van der Waals surface area (Å²) in [5.74, 6) is -5.38. The summed E-state index contributed by atoms with van der Waals surface area (Å²) in [7, 11) is 0. The van der Waals surface area contributed by atoms with Crippen LogP contribution in [0.4, 0.5) is 0 Å². The molecule has 0 saturated carbocycles. The lowest BCUT2D eigenvalue weighted by atomic mass is 9.98. The molecule has 2 unspecified atom stereocenters. The van der Waals surface area contributed by atoms with Crippen LogP contribution in [0, 0.1) is 6.92 Å². The van der Waals surface area contributed by atoms with Crippen LogP contribution in [-0.4, -0.2) is 84.4 Å². The Kier molecular flexibility index (Phi) is 15.6. The summed E-state index contributed by atoms with van der Waals surface area (Å²) >= 11 is 0. The molecule has 0 amide bonds. The van der Waals surface area contributed by atoms with Crippen LogP contribution >= 0.6 is 0 Å². The molecule has 1 aliphatic rings. The van der Waals surface area contributed by atoms with Gasteiger partial charge in [0, 0.05) is 12.1 Å². The minimum atomic E-state index is -1.92. The molecule has 2 aromatic rings. The number of hydrogen-bond donors (Lipinski definition) is 7. The van der Waals surface area contributed by atoms with Crippen LogP contribution in [-0.2, 0) is 16.0 Å². The van der Waals surface area contributed by atoms with Crippen LogP contribution in [0.1, 0.15) is 122 Å². The van der Waals surface area contributed by atoms with Crippen molar-refractivity contribution >= 4 is 17.9 Å². The molecule has 1 heterocycles. The third-order valence-electron chi connectivity index (χ3n) is 8.70. The van der Waals surface area contributed by atoms with Crippen molar-refractivity contribution in [2.24, 2.45) is 0 Å². The Morgan fingerprint density at radius 3 is 1.76 bits per heavy atom. The summed E-state index contributed by atoms with van der Waals surface area (Å²) in [5.41, 5.74) is -0.114. The number of carboxylic acid groups (broad SMARTS) is 2. The van der Waals surface area contributed by atoms with Gasteiger partial charge in [-0.3, -0.25) is 0 Å². The van der Waals surface area contributed by atoms with Crippen molar-refractivity contribution in [3.8, 4) is 23.0 Å². The molecule has 13 nitrogen and oxygen atoms in total. The number of rotatable bonds is 20. The number of aliphatic hydroxyl groups excluding tert-OH is 3. The fourth-order valence-electron chi connectivity index (χ4n) is 6.01. The van der Waals surface area contributed by atoms with Gasteiger partial charge in [0.1, 0.15) is 52.4 Å². The van der Waals surface area contributed by atoms with E-state index in [0.717, 1.165) is 37.8 Å². The Labute approximate surface area is 286 Å². The quantitative estimate of drug-likeness (QED) is 0.0538. The summed E-state index contributed by atoms with van der Waals surface area (Å²) in [6.45, 7) is 3.64. The number of phenols is 2. The second-order valence-corrected chi connectivity index (χ2v) is 12.7. The molecular formula is C36H50O13. The predicted octanol–water partition coefficient (Wildman–Crippen LogP) is 5.23. The van der Waals surface area contributed by atoms with Crippen LogP contribution in [0.25, 0.3) is 0 Å². The molecule has 2 aromatic carbocycles. The zero-order valence-corrected chi connectivity index (χ0v) is 28.2. The predicted molar refractivity (Wildman–Crippen MR) is 177 cm³/mol. The maximum absolute atomic E-state index is 13.4. The Morgan fingerprint density at radius 1 is 0.694 bits per heavy atom. The molecule has 0 spiro atoms.